The van der Waals surface area contributed by atoms with Crippen LogP contribution < -0.4 is 4.90 Å². The Morgan fingerprint density at radius 3 is 2.09 bits per heavy atom. The third kappa shape index (κ3) is 9.56. The summed E-state index contributed by atoms with van der Waals surface area (Å²) in [5, 5.41) is 18.6. The summed E-state index contributed by atoms with van der Waals surface area (Å²) in [6.45, 7) is 7.76. The van der Waals surface area contributed by atoms with Gasteiger partial charge in [-0.25, -0.2) is 14.6 Å². The first-order chi connectivity index (χ1) is 21.1. The van der Waals surface area contributed by atoms with Crippen molar-refractivity contribution in [1.82, 2.24) is 29.0 Å². The Morgan fingerprint density at radius 1 is 0.933 bits per heavy atom. The minimum atomic E-state index is -5.08. The van der Waals surface area contributed by atoms with Gasteiger partial charge in [0, 0.05) is 70.8 Å². The van der Waals surface area contributed by atoms with E-state index >= 15 is 0 Å². The highest BCUT2D eigenvalue weighted by Gasteiger charge is 2.39. The van der Waals surface area contributed by atoms with Gasteiger partial charge < -0.3 is 15.1 Å². The van der Waals surface area contributed by atoms with Crippen LogP contribution in [0.5, 0.6) is 0 Å². The number of carboxylic acids is 2. The lowest BCUT2D eigenvalue weighted by atomic mass is 10.1. The van der Waals surface area contributed by atoms with Gasteiger partial charge in [-0.3, -0.25) is 18.9 Å². The maximum Gasteiger partial charge on any atom is 0.490 e. The molecule has 0 amide bonds. The molecule has 1 unspecified atom stereocenters. The van der Waals surface area contributed by atoms with Gasteiger partial charge in [0.1, 0.15) is 11.5 Å². The van der Waals surface area contributed by atoms with Gasteiger partial charge in [0.25, 0.3) is 0 Å². The Labute approximate surface area is 254 Å². The molecule has 17 heteroatoms. The predicted molar refractivity (Wildman–Crippen MR) is 150 cm³/mol. The van der Waals surface area contributed by atoms with Crippen molar-refractivity contribution in [2.24, 2.45) is 13.0 Å². The Morgan fingerprint density at radius 2 is 1.56 bits per heavy atom. The first-order valence-electron chi connectivity index (χ1n) is 14.4. The van der Waals surface area contributed by atoms with Crippen LogP contribution in [0.1, 0.15) is 43.0 Å². The molecular weight excluding hydrogens is 612 g/mol. The van der Waals surface area contributed by atoms with E-state index in [0.29, 0.717) is 6.04 Å². The standard InChI is InChI=1S/C24H33N7.2C2HF3O2/c1-27-14-20(13-25-27)15-28-11-12-30(16-19-7-8-19)22(18-28)21-17-31-23(26-21)5-4-6-24(31)29-9-2-3-10-29;2*3-2(4,5)1(6)7/h4-6,13-14,17,19,22H,2-3,7-12,15-16,18H2,1H3;2*(H,6,7). The van der Waals surface area contributed by atoms with Crippen LogP contribution in [-0.2, 0) is 23.2 Å². The number of halogens is 6. The number of carboxylic acid groups (broad SMARTS) is 2. The number of pyridine rings is 1. The number of fused-ring (bicyclic) bond motifs is 1. The van der Waals surface area contributed by atoms with E-state index in [2.05, 4.69) is 54.8 Å². The summed E-state index contributed by atoms with van der Waals surface area (Å²) in [6, 6.07) is 6.93. The number of aromatic nitrogens is 4. The molecule has 11 nitrogen and oxygen atoms in total. The van der Waals surface area contributed by atoms with E-state index in [-0.39, 0.29) is 0 Å². The SMILES string of the molecule is Cn1cc(CN2CCN(CC3CC3)C(c3cn4c(N5CCCC5)cccc4n3)C2)cn1.O=C(O)C(F)(F)F.O=C(O)C(F)(F)F. The van der Waals surface area contributed by atoms with Gasteiger partial charge in [0.15, 0.2) is 0 Å². The van der Waals surface area contributed by atoms with E-state index in [1.165, 1.54) is 49.3 Å². The molecule has 0 spiro atoms. The monoisotopic (exact) mass is 647 g/mol. The molecule has 2 saturated heterocycles. The van der Waals surface area contributed by atoms with E-state index < -0.39 is 24.3 Å². The number of piperazine rings is 1. The molecule has 45 heavy (non-hydrogen) atoms. The average Bonchev–Trinajstić information content (AvgIpc) is 3.31. The number of hydrogen-bond acceptors (Lipinski definition) is 7. The summed E-state index contributed by atoms with van der Waals surface area (Å²) in [4.78, 5) is 30.7. The lowest BCUT2D eigenvalue weighted by molar-refractivity contribution is -0.193. The van der Waals surface area contributed by atoms with Crippen molar-refractivity contribution in [3.05, 3.63) is 48.0 Å². The van der Waals surface area contributed by atoms with Crippen LogP contribution in [0.4, 0.5) is 32.2 Å². The van der Waals surface area contributed by atoms with Gasteiger partial charge in [0.05, 0.1) is 17.9 Å². The number of hydrogen-bond donors (Lipinski definition) is 2. The predicted octanol–water partition coefficient (Wildman–Crippen LogP) is 4.20. The zero-order valence-corrected chi connectivity index (χ0v) is 24.5. The lowest BCUT2D eigenvalue weighted by Crippen LogP contribution is -2.48. The van der Waals surface area contributed by atoms with E-state index in [0.717, 1.165) is 50.8 Å². The number of alkyl halides is 6. The fraction of sp³-hybridized carbons (Fsp3) is 0.571. The molecule has 0 bridgehead atoms. The zero-order valence-electron chi connectivity index (χ0n) is 24.5. The number of carbonyl (C=O) groups is 2. The van der Waals surface area contributed by atoms with Crippen molar-refractivity contribution in [2.75, 3.05) is 44.2 Å². The second-order valence-corrected chi connectivity index (χ2v) is 11.3. The zero-order chi connectivity index (χ0) is 32.9. The summed E-state index contributed by atoms with van der Waals surface area (Å²) >= 11 is 0. The van der Waals surface area contributed by atoms with E-state index in [1.54, 1.807) is 0 Å². The van der Waals surface area contributed by atoms with Crippen molar-refractivity contribution in [1.29, 1.82) is 0 Å². The topological polar surface area (TPSA) is 119 Å². The van der Waals surface area contributed by atoms with E-state index in [9.17, 15) is 26.3 Å². The number of imidazole rings is 1. The first-order valence-corrected chi connectivity index (χ1v) is 14.4. The number of rotatable bonds is 6. The Balaban J connectivity index is 0.000000277. The molecular formula is C28H35F6N7O4. The van der Waals surface area contributed by atoms with Crippen LogP contribution in [0.3, 0.4) is 0 Å². The first kappa shape index (κ1) is 34.0. The van der Waals surface area contributed by atoms with Crippen LogP contribution in [0, 0.1) is 5.92 Å². The number of anilines is 1. The van der Waals surface area contributed by atoms with Crippen molar-refractivity contribution < 1.29 is 46.1 Å². The van der Waals surface area contributed by atoms with Crippen LogP contribution >= 0.6 is 0 Å². The van der Waals surface area contributed by atoms with Gasteiger partial charge in [0.2, 0.25) is 0 Å². The quantitative estimate of drug-likeness (QED) is 0.380. The van der Waals surface area contributed by atoms with Gasteiger partial charge in [-0.05, 0) is 43.7 Å². The normalized spacial score (nSPS) is 19.5. The fourth-order valence-corrected chi connectivity index (χ4v) is 5.34. The molecule has 3 aromatic heterocycles. The molecule has 6 rings (SSSR count). The number of nitrogens with zero attached hydrogens (tertiary/aromatic N) is 7. The Kier molecular flexibility index (Phi) is 10.6. The van der Waals surface area contributed by atoms with Gasteiger partial charge in [-0.15, -0.1) is 0 Å². The van der Waals surface area contributed by atoms with Gasteiger partial charge >= 0.3 is 24.3 Å². The summed E-state index contributed by atoms with van der Waals surface area (Å²) in [6.07, 6.45) is 1.66. The highest BCUT2D eigenvalue weighted by atomic mass is 19.4. The number of aryl methyl sites for hydroxylation is 1. The van der Waals surface area contributed by atoms with Crippen molar-refractivity contribution in [3.63, 3.8) is 0 Å². The Bertz CT molecular complexity index is 1420. The third-order valence-electron chi connectivity index (χ3n) is 7.68. The summed E-state index contributed by atoms with van der Waals surface area (Å²) < 4.78 is 67.7. The van der Waals surface area contributed by atoms with Gasteiger partial charge in [-0.2, -0.15) is 31.4 Å². The summed E-state index contributed by atoms with van der Waals surface area (Å²) in [5.41, 5.74) is 3.60. The second-order valence-electron chi connectivity index (χ2n) is 11.3. The maximum atomic E-state index is 10.6. The van der Waals surface area contributed by atoms with Crippen LogP contribution in [0.2, 0.25) is 0 Å². The minimum Gasteiger partial charge on any atom is -0.475 e. The molecule has 0 radical (unpaired) electrons. The smallest absolute Gasteiger partial charge is 0.475 e. The highest BCUT2D eigenvalue weighted by molar-refractivity contribution is 5.73. The van der Waals surface area contributed by atoms with Crippen molar-refractivity contribution in [3.8, 4) is 0 Å². The van der Waals surface area contributed by atoms with Crippen LogP contribution in [0.25, 0.3) is 5.65 Å². The summed E-state index contributed by atoms with van der Waals surface area (Å²) in [7, 11) is 1.99. The molecule has 1 aliphatic carbocycles. The van der Waals surface area contributed by atoms with Gasteiger partial charge in [-0.1, -0.05) is 6.07 Å². The van der Waals surface area contributed by atoms with E-state index in [4.69, 9.17) is 24.8 Å². The molecule has 1 atom stereocenters. The molecule has 3 aliphatic rings. The molecule has 248 valence electrons. The van der Waals surface area contributed by atoms with Crippen LogP contribution in [-0.4, -0.2) is 103 Å². The average molecular weight is 648 g/mol. The maximum absolute atomic E-state index is 10.6. The molecule has 2 aliphatic heterocycles. The molecule has 3 aromatic rings. The van der Waals surface area contributed by atoms with Crippen molar-refractivity contribution in [2.45, 2.75) is 50.6 Å². The number of aliphatic carboxylic acids is 2. The van der Waals surface area contributed by atoms with E-state index in [1.807, 2.05) is 17.9 Å². The Hall–Kier alpha value is -3.86. The largest absolute Gasteiger partial charge is 0.490 e. The lowest BCUT2D eigenvalue weighted by Gasteiger charge is -2.40. The molecule has 1 saturated carbocycles. The fourth-order valence-electron chi connectivity index (χ4n) is 5.34. The summed E-state index contributed by atoms with van der Waals surface area (Å²) in [5.74, 6) is -3.32. The minimum absolute atomic E-state index is 0.359. The molecule has 5 heterocycles. The third-order valence-corrected chi connectivity index (χ3v) is 7.68. The molecule has 0 aromatic carbocycles. The van der Waals surface area contributed by atoms with Crippen LogP contribution in [0.15, 0.2) is 36.8 Å². The van der Waals surface area contributed by atoms with Crippen molar-refractivity contribution >= 4 is 23.4 Å². The molecule has 2 N–H and O–H groups in total. The highest BCUT2D eigenvalue weighted by Crippen LogP contribution is 2.35. The second kappa shape index (κ2) is 14.1. The molecule has 3 fully saturated rings.